The summed E-state index contributed by atoms with van der Waals surface area (Å²) in [6, 6.07) is 1.38. The molecule has 0 bridgehead atoms. The van der Waals surface area contributed by atoms with E-state index in [0.29, 0.717) is 18.2 Å². The van der Waals surface area contributed by atoms with Crippen LogP contribution in [-0.2, 0) is 14.2 Å². The van der Waals surface area contributed by atoms with Crippen LogP contribution in [0.15, 0.2) is 0 Å². The van der Waals surface area contributed by atoms with Crippen molar-refractivity contribution in [2.24, 2.45) is 0 Å². The molecule has 20 heavy (non-hydrogen) atoms. The van der Waals surface area contributed by atoms with Gasteiger partial charge in [0, 0.05) is 32.0 Å². The zero-order chi connectivity index (χ0) is 14.0. The standard InChI is InChI=1S/C16H29NO3/c1-17(14-4-3-5-15(12-14)18-2)13-6-8-16(9-7-13)19-10-11-20-16/h13-15H,3-12H2,1-2H3. The van der Waals surface area contributed by atoms with Gasteiger partial charge < -0.3 is 19.1 Å². The van der Waals surface area contributed by atoms with Gasteiger partial charge in [-0.15, -0.1) is 0 Å². The molecule has 4 heteroatoms. The van der Waals surface area contributed by atoms with Gasteiger partial charge in [-0.1, -0.05) is 0 Å². The highest BCUT2D eigenvalue weighted by Crippen LogP contribution is 2.38. The minimum Gasteiger partial charge on any atom is -0.381 e. The van der Waals surface area contributed by atoms with Crippen molar-refractivity contribution < 1.29 is 14.2 Å². The number of methoxy groups -OCH3 is 1. The Bertz CT molecular complexity index is 307. The fourth-order valence-corrected chi connectivity index (χ4v) is 4.24. The molecule has 1 saturated heterocycles. The Hall–Kier alpha value is -0.160. The van der Waals surface area contributed by atoms with Gasteiger partial charge in [-0.05, 0) is 45.6 Å². The van der Waals surface area contributed by atoms with Gasteiger partial charge in [0.1, 0.15) is 0 Å². The van der Waals surface area contributed by atoms with Crippen molar-refractivity contribution >= 4 is 0 Å². The summed E-state index contributed by atoms with van der Waals surface area (Å²) in [6.07, 6.45) is 10.0. The molecule has 2 unspecified atom stereocenters. The summed E-state index contributed by atoms with van der Waals surface area (Å²) in [4.78, 5) is 2.62. The third kappa shape index (κ3) is 3.03. The molecule has 116 valence electrons. The lowest BCUT2D eigenvalue weighted by molar-refractivity contribution is -0.184. The average molecular weight is 283 g/mol. The summed E-state index contributed by atoms with van der Waals surface area (Å²) in [7, 11) is 4.16. The van der Waals surface area contributed by atoms with E-state index in [0.717, 1.165) is 26.1 Å². The molecule has 4 nitrogen and oxygen atoms in total. The van der Waals surface area contributed by atoms with E-state index >= 15 is 0 Å². The zero-order valence-electron chi connectivity index (χ0n) is 13.0. The second-order valence-corrected chi connectivity index (χ2v) is 6.68. The van der Waals surface area contributed by atoms with E-state index in [1.54, 1.807) is 0 Å². The molecule has 3 rings (SSSR count). The third-order valence-corrected chi connectivity index (χ3v) is 5.61. The maximum absolute atomic E-state index is 5.83. The second kappa shape index (κ2) is 6.30. The number of hydrogen-bond donors (Lipinski definition) is 0. The Kier molecular flexibility index (Phi) is 4.65. The van der Waals surface area contributed by atoms with Crippen LogP contribution in [0.5, 0.6) is 0 Å². The summed E-state index contributed by atoms with van der Waals surface area (Å²) in [5, 5.41) is 0. The smallest absolute Gasteiger partial charge is 0.168 e. The lowest BCUT2D eigenvalue weighted by Gasteiger charge is -2.43. The van der Waals surface area contributed by atoms with Crippen molar-refractivity contribution in [3.05, 3.63) is 0 Å². The van der Waals surface area contributed by atoms with Crippen LogP contribution in [0.2, 0.25) is 0 Å². The van der Waals surface area contributed by atoms with Gasteiger partial charge in [0.2, 0.25) is 0 Å². The Morgan fingerprint density at radius 2 is 1.70 bits per heavy atom. The first kappa shape index (κ1) is 14.8. The monoisotopic (exact) mass is 283 g/mol. The highest BCUT2D eigenvalue weighted by molar-refractivity contribution is 4.89. The number of ether oxygens (including phenoxy) is 3. The molecule has 1 heterocycles. The van der Waals surface area contributed by atoms with Crippen molar-refractivity contribution in [1.82, 2.24) is 4.90 Å². The maximum atomic E-state index is 5.83. The lowest BCUT2D eigenvalue weighted by atomic mass is 9.86. The van der Waals surface area contributed by atoms with Crippen molar-refractivity contribution in [1.29, 1.82) is 0 Å². The minimum atomic E-state index is -0.223. The Labute approximate surface area is 122 Å². The minimum absolute atomic E-state index is 0.223. The van der Waals surface area contributed by atoms with E-state index in [4.69, 9.17) is 14.2 Å². The molecular weight excluding hydrogens is 254 g/mol. The molecule has 1 aliphatic heterocycles. The van der Waals surface area contributed by atoms with E-state index < -0.39 is 0 Å². The van der Waals surface area contributed by atoms with Crippen LogP contribution in [0.25, 0.3) is 0 Å². The number of nitrogens with zero attached hydrogens (tertiary/aromatic N) is 1. The highest BCUT2D eigenvalue weighted by Gasteiger charge is 2.42. The van der Waals surface area contributed by atoms with Gasteiger partial charge in [0.15, 0.2) is 5.79 Å². The van der Waals surface area contributed by atoms with Crippen LogP contribution in [-0.4, -0.2) is 56.2 Å². The fraction of sp³-hybridized carbons (Fsp3) is 1.00. The molecule has 0 amide bonds. The summed E-state index contributed by atoms with van der Waals surface area (Å²) in [5.74, 6) is -0.223. The van der Waals surface area contributed by atoms with Crippen molar-refractivity contribution in [3.63, 3.8) is 0 Å². The van der Waals surface area contributed by atoms with E-state index in [9.17, 15) is 0 Å². The molecule has 0 aromatic rings. The predicted octanol–water partition coefficient (Wildman–Crippen LogP) is 2.56. The van der Waals surface area contributed by atoms with Crippen LogP contribution in [0.1, 0.15) is 51.4 Å². The molecule has 1 spiro atoms. The Morgan fingerprint density at radius 1 is 1.00 bits per heavy atom. The molecule has 0 radical (unpaired) electrons. The van der Waals surface area contributed by atoms with E-state index in [1.165, 1.54) is 38.5 Å². The van der Waals surface area contributed by atoms with Gasteiger partial charge in [-0.2, -0.15) is 0 Å². The summed E-state index contributed by atoms with van der Waals surface area (Å²) in [6.45, 7) is 1.55. The zero-order valence-corrected chi connectivity index (χ0v) is 13.0. The number of rotatable bonds is 3. The van der Waals surface area contributed by atoms with Gasteiger partial charge >= 0.3 is 0 Å². The van der Waals surface area contributed by atoms with Gasteiger partial charge in [0.05, 0.1) is 19.3 Å². The van der Waals surface area contributed by atoms with Crippen molar-refractivity contribution in [2.75, 3.05) is 27.4 Å². The fourth-order valence-electron chi connectivity index (χ4n) is 4.24. The molecule has 0 aromatic carbocycles. The highest BCUT2D eigenvalue weighted by atomic mass is 16.7. The topological polar surface area (TPSA) is 30.9 Å². The number of hydrogen-bond acceptors (Lipinski definition) is 4. The Morgan fingerprint density at radius 3 is 2.35 bits per heavy atom. The van der Waals surface area contributed by atoms with Crippen molar-refractivity contribution in [2.45, 2.75) is 75.3 Å². The third-order valence-electron chi connectivity index (χ3n) is 5.61. The molecule has 3 aliphatic rings. The molecule has 0 N–H and O–H groups in total. The molecule has 2 saturated carbocycles. The van der Waals surface area contributed by atoms with E-state index in [-0.39, 0.29) is 5.79 Å². The molecule has 2 atom stereocenters. The summed E-state index contributed by atoms with van der Waals surface area (Å²) >= 11 is 0. The van der Waals surface area contributed by atoms with Crippen LogP contribution in [0, 0.1) is 0 Å². The summed E-state index contributed by atoms with van der Waals surface area (Å²) in [5.41, 5.74) is 0. The first-order chi connectivity index (χ1) is 9.72. The Balaban J connectivity index is 1.52. The molecule has 2 aliphatic carbocycles. The SMILES string of the molecule is COC1CCCC(N(C)C2CCC3(CC2)OCCO3)C1. The quantitative estimate of drug-likeness (QED) is 0.796. The largest absolute Gasteiger partial charge is 0.381 e. The molecular formula is C16H29NO3. The predicted molar refractivity (Wildman–Crippen MR) is 77.7 cm³/mol. The first-order valence-electron chi connectivity index (χ1n) is 8.25. The van der Waals surface area contributed by atoms with Crippen molar-refractivity contribution in [3.8, 4) is 0 Å². The second-order valence-electron chi connectivity index (χ2n) is 6.68. The van der Waals surface area contributed by atoms with Crippen LogP contribution < -0.4 is 0 Å². The van der Waals surface area contributed by atoms with E-state index in [2.05, 4.69) is 11.9 Å². The van der Waals surface area contributed by atoms with Gasteiger partial charge in [0.25, 0.3) is 0 Å². The average Bonchev–Trinajstić information content (AvgIpc) is 2.96. The van der Waals surface area contributed by atoms with E-state index in [1.807, 2.05) is 7.11 Å². The van der Waals surface area contributed by atoms with Gasteiger partial charge in [-0.3, -0.25) is 0 Å². The lowest BCUT2D eigenvalue weighted by Crippen LogP contribution is -2.48. The van der Waals surface area contributed by atoms with Crippen LogP contribution in [0.3, 0.4) is 0 Å². The molecule has 0 aromatic heterocycles. The first-order valence-corrected chi connectivity index (χ1v) is 8.25. The summed E-state index contributed by atoms with van der Waals surface area (Å²) < 4.78 is 17.2. The van der Waals surface area contributed by atoms with Gasteiger partial charge in [-0.25, -0.2) is 0 Å². The van der Waals surface area contributed by atoms with Crippen LogP contribution >= 0.6 is 0 Å². The maximum Gasteiger partial charge on any atom is 0.168 e. The normalized spacial score (nSPS) is 35.0. The molecule has 3 fully saturated rings. The van der Waals surface area contributed by atoms with Crippen LogP contribution in [0.4, 0.5) is 0 Å².